The average Bonchev–Trinajstić information content (AvgIpc) is 2.82. The number of carbonyl (C=O) groups excluding carboxylic acids is 1. The summed E-state index contributed by atoms with van der Waals surface area (Å²) in [7, 11) is 0. The van der Waals surface area contributed by atoms with Crippen molar-refractivity contribution in [2.45, 2.75) is 19.9 Å². The van der Waals surface area contributed by atoms with E-state index < -0.39 is 0 Å². The second-order valence-electron chi connectivity index (χ2n) is 4.50. The van der Waals surface area contributed by atoms with Crippen molar-refractivity contribution in [3.05, 3.63) is 52.3 Å². The molecule has 1 amide bonds. The van der Waals surface area contributed by atoms with Gasteiger partial charge in [0.1, 0.15) is 11.4 Å². The molecule has 0 radical (unpaired) electrons. The highest BCUT2D eigenvalue weighted by Gasteiger charge is 2.11. The lowest BCUT2D eigenvalue weighted by Crippen LogP contribution is -2.27. The summed E-state index contributed by atoms with van der Waals surface area (Å²) >= 11 is 3.38. The van der Waals surface area contributed by atoms with E-state index in [1.807, 2.05) is 35.9 Å². The van der Waals surface area contributed by atoms with Gasteiger partial charge in [-0.25, -0.2) is 0 Å². The number of nitrogens with zero attached hydrogens (tertiary/aromatic N) is 1. The van der Waals surface area contributed by atoms with Gasteiger partial charge in [0, 0.05) is 23.8 Å². The van der Waals surface area contributed by atoms with Crippen LogP contribution in [-0.4, -0.2) is 22.1 Å². The minimum absolute atomic E-state index is 0.0728. The normalized spacial score (nSPS) is 10.5. The van der Waals surface area contributed by atoms with Crippen molar-refractivity contribution in [3.63, 3.8) is 0 Å². The SMILES string of the molecule is CCn1cc(Br)cc1C(=O)NCCc1ccc(O)cc1. The fraction of sp³-hybridized carbons (Fsp3) is 0.267. The van der Waals surface area contributed by atoms with Crippen LogP contribution in [0.25, 0.3) is 0 Å². The van der Waals surface area contributed by atoms with Gasteiger partial charge >= 0.3 is 0 Å². The molecule has 4 nitrogen and oxygen atoms in total. The summed E-state index contributed by atoms with van der Waals surface area (Å²) < 4.78 is 2.81. The van der Waals surface area contributed by atoms with Crippen molar-refractivity contribution in [3.8, 4) is 5.75 Å². The van der Waals surface area contributed by atoms with Gasteiger partial charge in [0.15, 0.2) is 0 Å². The first-order chi connectivity index (χ1) is 9.60. The van der Waals surface area contributed by atoms with Crippen LogP contribution in [0.2, 0.25) is 0 Å². The van der Waals surface area contributed by atoms with Gasteiger partial charge in [0.05, 0.1) is 0 Å². The standard InChI is InChI=1S/C15H17BrN2O2/c1-2-18-10-12(16)9-14(18)15(20)17-8-7-11-3-5-13(19)6-4-11/h3-6,9-10,19H,2,7-8H2,1H3,(H,17,20). The Bertz CT molecular complexity index is 590. The monoisotopic (exact) mass is 336 g/mol. The van der Waals surface area contributed by atoms with Gasteiger partial charge in [-0.3, -0.25) is 4.79 Å². The Labute approximate surface area is 126 Å². The third kappa shape index (κ3) is 3.63. The fourth-order valence-corrected chi connectivity index (χ4v) is 2.46. The Morgan fingerprint density at radius 2 is 2.05 bits per heavy atom. The second kappa shape index (κ2) is 6.61. The van der Waals surface area contributed by atoms with Crippen LogP contribution in [0.5, 0.6) is 5.75 Å². The summed E-state index contributed by atoms with van der Waals surface area (Å²) in [5.41, 5.74) is 1.74. The van der Waals surface area contributed by atoms with Crippen LogP contribution in [-0.2, 0) is 13.0 Å². The maximum absolute atomic E-state index is 12.1. The molecule has 0 bridgehead atoms. The maximum Gasteiger partial charge on any atom is 0.267 e. The predicted molar refractivity (Wildman–Crippen MR) is 82.0 cm³/mol. The van der Waals surface area contributed by atoms with E-state index in [4.69, 9.17) is 0 Å². The molecule has 0 atom stereocenters. The van der Waals surface area contributed by atoms with Crippen molar-refractivity contribution in [1.29, 1.82) is 0 Å². The number of benzene rings is 1. The highest BCUT2D eigenvalue weighted by Crippen LogP contribution is 2.15. The number of hydrogen-bond acceptors (Lipinski definition) is 2. The Kier molecular flexibility index (Phi) is 4.84. The molecule has 2 rings (SSSR count). The molecule has 0 fully saturated rings. The number of rotatable bonds is 5. The molecule has 1 aromatic carbocycles. The van der Waals surface area contributed by atoms with E-state index >= 15 is 0 Å². The number of phenols is 1. The van der Waals surface area contributed by atoms with Gasteiger partial charge in [-0.1, -0.05) is 12.1 Å². The molecule has 0 aliphatic rings. The molecule has 106 valence electrons. The summed E-state index contributed by atoms with van der Waals surface area (Å²) in [5.74, 6) is 0.180. The minimum atomic E-state index is -0.0728. The van der Waals surface area contributed by atoms with Crippen molar-refractivity contribution >= 4 is 21.8 Å². The number of hydrogen-bond donors (Lipinski definition) is 2. The van der Waals surface area contributed by atoms with Gasteiger partial charge in [0.2, 0.25) is 0 Å². The van der Waals surface area contributed by atoms with E-state index in [0.717, 1.165) is 23.0 Å². The van der Waals surface area contributed by atoms with Crippen LogP contribution in [0, 0.1) is 0 Å². The number of amides is 1. The lowest BCUT2D eigenvalue weighted by Gasteiger charge is -2.07. The molecule has 0 saturated carbocycles. The van der Waals surface area contributed by atoms with E-state index in [9.17, 15) is 9.90 Å². The summed E-state index contributed by atoms with van der Waals surface area (Å²) in [6.07, 6.45) is 2.63. The summed E-state index contributed by atoms with van der Waals surface area (Å²) in [5, 5.41) is 12.1. The molecular weight excluding hydrogens is 320 g/mol. The molecule has 0 unspecified atom stereocenters. The van der Waals surface area contributed by atoms with Crippen LogP contribution in [0.1, 0.15) is 23.0 Å². The van der Waals surface area contributed by atoms with Crippen molar-refractivity contribution in [1.82, 2.24) is 9.88 Å². The van der Waals surface area contributed by atoms with Gasteiger partial charge in [-0.2, -0.15) is 0 Å². The van der Waals surface area contributed by atoms with Crippen LogP contribution < -0.4 is 5.32 Å². The zero-order valence-electron chi connectivity index (χ0n) is 11.3. The van der Waals surface area contributed by atoms with Crippen LogP contribution in [0.15, 0.2) is 41.0 Å². The van der Waals surface area contributed by atoms with Crippen molar-refractivity contribution in [2.24, 2.45) is 0 Å². The van der Waals surface area contributed by atoms with E-state index in [1.54, 1.807) is 12.1 Å². The number of carbonyl (C=O) groups is 1. The summed E-state index contributed by atoms with van der Waals surface area (Å²) in [4.78, 5) is 12.1. The summed E-state index contributed by atoms with van der Waals surface area (Å²) in [6.45, 7) is 3.32. The molecular formula is C15H17BrN2O2. The Balaban J connectivity index is 1.90. The quantitative estimate of drug-likeness (QED) is 0.881. The largest absolute Gasteiger partial charge is 0.508 e. The molecule has 0 aliphatic heterocycles. The van der Waals surface area contributed by atoms with Crippen molar-refractivity contribution < 1.29 is 9.90 Å². The third-order valence-electron chi connectivity index (χ3n) is 3.07. The number of halogens is 1. The first-order valence-corrected chi connectivity index (χ1v) is 7.31. The van der Waals surface area contributed by atoms with E-state index in [0.29, 0.717) is 12.2 Å². The van der Waals surface area contributed by atoms with E-state index in [2.05, 4.69) is 21.2 Å². The molecule has 2 aromatic rings. The first-order valence-electron chi connectivity index (χ1n) is 6.52. The van der Waals surface area contributed by atoms with Gasteiger partial charge < -0.3 is 15.0 Å². The zero-order chi connectivity index (χ0) is 14.5. The number of phenolic OH excluding ortho intramolecular Hbond substituents is 1. The summed E-state index contributed by atoms with van der Waals surface area (Å²) in [6, 6.07) is 8.83. The highest BCUT2D eigenvalue weighted by molar-refractivity contribution is 9.10. The van der Waals surface area contributed by atoms with Crippen LogP contribution in [0.3, 0.4) is 0 Å². The van der Waals surface area contributed by atoms with Crippen LogP contribution >= 0.6 is 15.9 Å². The van der Waals surface area contributed by atoms with Gasteiger partial charge in [0.25, 0.3) is 5.91 Å². The van der Waals surface area contributed by atoms with E-state index in [-0.39, 0.29) is 11.7 Å². The maximum atomic E-state index is 12.1. The molecule has 20 heavy (non-hydrogen) atoms. The Hall–Kier alpha value is -1.75. The smallest absolute Gasteiger partial charge is 0.267 e. The predicted octanol–water partition coefficient (Wildman–Crippen LogP) is 2.95. The third-order valence-corrected chi connectivity index (χ3v) is 3.51. The molecule has 0 aliphatic carbocycles. The lowest BCUT2D eigenvalue weighted by atomic mass is 10.1. The van der Waals surface area contributed by atoms with Gasteiger partial charge in [-0.05, 0) is 53.0 Å². The lowest BCUT2D eigenvalue weighted by molar-refractivity contribution is 0.0945. The number of aromatic hydroxyl groups is 1. The number of nitrogens with one attached hydrogen (secondary N) is 1. The molecule has 0 spiro atoms. The fourth-order valence-electron chi connectivity index (χ4n) is 2.00. The topological polar surface area (TPSA) is 54.3 Å². The van der Waals surface area contributed by atoms with Crippen LogP contribution in [0.4, 0.5) is 0 Å². The zero-order valence-corrected chi connectivity index (χ0v) is 12.9. The second-order valence-corrected chi connectivity index (χ2v) is 5.42. The molecule has 0 saturated heterocycles. The van der Waals surface area contributed by atoms with Gasteiger partial charge in [-0.15, -0.1) is 0 Å². The highest BCUT2D eigenvalue weighted by atomic mass is 79.9. The molecule has 1 heterocycles. The molecule has 5 heteroatoms. The minimum Gasteiger partial charge on any atom is -0.508 e. The first kappa shape index (κ1) is 14.7. The average molecular weight is 337 g/mol. The Morgan fingerprint density at radius 3 is 2.70 bits per heavy atom. The van der Waals surface area contributed by atoms with E-state index in [1.165, 1.54) is 0 Å². The number of aryl methyl sites for hydroxylation is 1. The Morgan fingerprint density at radius 1 is 1.35 bits per heavy atom. The number of aromatic nitrogens is 1. The molecule has 1 aromatic heterocycles. The van der Waals surface area contributed by atoms with Crippen molar-refractivity contribution in [2.75, 3.05) is 6.54 Å². The molecule has 2 N–H and O–H groups in total.